The van der Waals surface area contributed by atoms with Crippen molar-refractivity contribution in [1.29, 1.82) is 0 Å². The first-order valence-corrected chi connectivity index (χ1v) is 6.15. The highest BCUT2D eigenvalue weighted by atomic mass is 35.5. The van der Waals surface area contributed by atoms with Crippen molar-refractivity contribution >= 4 is 29.1 Å². The number of carbonyl (C=O) groups is 3. The number of ether oxygens (including phenoxy) is 1. The lowest BCUT2D eigenvalue weighted by atomic mass is 9.99. The van der Waals surface area contributed by atoms with Crippen molar-refractivity contribution in [2.75, 3.05) is 6.61 Å². The molecule has 0 aliphatic rings. The average Bonchev–Trinajstić information content (AvgIpc) is 2.43. The molecule has 0 radical (unpaired) electrons. The minimum Gasteiger partial charge on any atom is -0.466 e. The molecule has 1 aromatic carbocycles. The first-order chi connectivity index (χ1) is 9.72. The minimum absolute atomic E-state index is 0.00923. The van der Waals surface area contributed by atoms with Crippen molar-refractivity contribution in [3.05, 3.63) is 33.6 Å². The van der Waals surface area contributed by atoms with Crippen molar-refractivity contribution in [3.8, 4) is 0 Å². The number of carbonyl (C=O) groups excluding carboxylic acids is 3. The van der Waals surface area contributed by atoms with Gasteiger partial charge in [-0.1, -0.05) is 11.6 Å². The molecular formula is C13H10ClF3O4. The maximum atomic E-state index is 13.8. The van der Waals surface area contributed by atoms with E-state index in [2.05, 4.69) is 4.74 Å². The lowest BCUT2D eigenvalue weighted by Crippen LogP contribution is -2.22. The van der Waals surface area contributed by atoms with E-state index in [0.29, 0.717) is 0 Å². The fourth-order valence-corrected chi connectivity index (χ4v) is 1.75. The zero-order chi connectivity index (χ0) is 16.3. The number of hydrogen-bond donors (Lipinski definition) is 0. The maximum absolute atomic E-state index is 13.8. The third-order valence-corrected chi connectivity index (χ3v) is 2.92. The van der Waals surface area contributed by atoms with E-state index in [-0.39, 0.29) is 6.61 Å². The van der Waals surface area contributed by atoms with Crippen molar-refractivity contribution in [3.63, 3.8) is 0 Å². The Morgan fingerprint density at radius 3 is 2.19 bits per heavy atom. The van der Waals surface area contributed by atoms with E-state index in [1.54, 1.807) is 0 Å². The van der Waals surface area contributed by atoms with Crippen LogP contribution in [-0.2, 0) is 14.3 Å². The quantitative estimate of drug-likeness (QED) is 0.209. The molecule has 0 saturated heterocycles. The first kappa shape index (κ1) is 17.2. The molecule has 4 nitrogen and oxygen atoms in total. The van der Waals surface area contributed by atoms with Gasteiger partial charge in [-0.05, 0) is 13.8 Å². The van der Waals surface area contributed by atoms with E-state index in [0.717, 1.165) is 6.92 Å². The summed E-state index contributed by atoms with van der Waals surface area (Å²) >= 11 is 5.22. The van der Waals surface area contributed by atoms with Crippen LogP contribution in [0.1, 0.15) is 29.3 Å². The lowest BCUT2D eigenvalue weighted by molar-refractivity contribution is -0.144. The van der Waals surface area contributed by atoms with Crippen LogP contribution in [0.4, 0.5) is 13.2 Å². The summed E-state index contributed by atoms with van der Waals surface area (Å²) < 4.78 is 44.9. The van der Waals surface area contributed by atoms with Crippen molar-refractivity contribution in [2.45, 2.75) is 20.3 Å². The summed E-state index contributed by atoms with van der Waals surface area (Å²) in [5.41, 5.74) is -1.69. The highest BCUT2D eigenvalue weighted by molar-refractivity contribution is 6.46. The molecule has 8 heteroatoms. The summed E-state index contributed by atoms with van der Waals surface area (Å²) in [5.74, 6) is -8.50. The predicted octanol–water partition coefficient (Wildman–Crippen LogP) is 2.77. The van der Waals surface area contributed by atoms with Gasteiger partial charge in [0.2, 0.25) is 11.6 Å². The smallest absolute Gasteiger partial charge is 0.313 e. The van der Waals surface area contributed by atoms with E-state index in [9.17, 15) is 27.6 Å². The molecule has 0 aromatic heterocycles. The monoisotopic (exact) mass is 322 g/mol. The Morgan fingerprint density at radius 2 is 1.67 bits per heavy atom. The summed E-state index contributed by atoms with van der Waals surface area (Å²) in [7, 11) is 0. The largest absolute Gasteiger partial charge is 0.466 e. The summed E-state index contributed by atoms with van der Waals surface area (Å²) in [6.07, 6.45) is -0.928. The van der Waals surface area contributed by atoms with E-state index in [4.69, 9.17) is 11.6 Å². The molecule has 0 amide bonds. The lowest BCUT2D eigenvalue weighted by Gasteiger charge is -2.09. The van der Waals surface area contributed by atoms with Gasteiger partial charge in [0.05, 0.1) is 12.2 Å². The second-order valence-electron chi connectivity index (χ2n) is 3.99. The molecule has 0 heterocycles. The van der Waals surface area contributed by atoms with Gasteiger partial charge in [0.1, 0.15) is 11.4 Å². The molecule has 0 fully saturated rings. The van der Waals surface area contributed by atoms with Gasteiger partial charge >= 0.3 is 5.97 Å². The number of Topliss-reactive ketones (excluding diaryl/α,β-unsaturated/α-hetero) is 2. The Morgan fingerprint density at radius 1 is 1.10 bits per heavy atom. The Hall–Kier alpha value is -1.89. The molecule has 0 aliphatic heterocycles. The number of halogens is 4. The fraction of sp³-hybridized carbons (Fsp3) is 0.308. The third-order valence-electron chi connectivity index (χ3n) is 2.59. The normalized spacial score (nSPS) is 10.4. The maximum Gasteiger partial charge on any atom is 0.313 e. The molecule has 0 bridgehead atoms. The van der Waals surface area contributed by atoms with Crippen LogP contribution in [0.5, 0.6) is 0 Å². The van der Waals surface area contributed by atoms with Gasteiger partial charge < -0.3 is 4.74 Å². The van der Waals surface area contributed by atoms with Crippen LogP contribution >= 0.6 is 11.6 Å². The van der Waals surface area contributed by atoms with Crippen LogP contribution in [0, 0.1) is 24.4 Å². The summed E-state index contributed by atoms with van der Waals surface area (Å²) in [6, 6.07) is 0. The van der Waals surface area contributed by atoms with Gasteiger partial charge in [-0.25, -0.2) is 13.2 Å². The van der Waals surface area contributed by atoms with Crippen molar-refractivity contribution in [1.82, 2.24) is 0 Å². The van der Waals surface area contributed by atoms with Crippen LogP contribution in [0.2, 0.25) is 5.02 Å². The topological polar surface area (TPSA) is 60.4 Å². The Bertz CT molecular complexity index is 599. The van der Waals surface area contributed by atoms with Gasteiger partial charge in [0, 0.05) is 5.56 Å². The molecule has 0 aliphatic carbocycles. The molecule has 0 spiro atoms. The molecule has 0 saturated carbocycles. The summed E-state index contributed by atoms with van der Waals surface area (Å²) in [5, 5.41) is -1.23. The first-order valence-electron chi connectivity index (χ1n) is 5.78. The van der Waals surface area contributed by atoms with Gasteiger partial charge in [0.15, 0.2) is 17.5 Å². The molecular weight excluding hydrogens is 313 g/mol. The fourth-order valence-electron chi connectivity index (χ4n) is 1.57. The zero-order valence-corrected chi connectivity index (χ0v) is 11.8. The van der Waals surface area contributed by atoms with Gasteiger partial charge in [-0.2, -0.15) is 0 Å². The highest BCUT2D eigenvalue weighted by Crippen LogP contribution is 2.29. The summed E-state index contributed by atoms with van der Waals surface area (Å²) in [6.45, 7) is 2.40. The molecule has 1 aromatic rings. The number of esters is 1. The number of benzene rings is 1. The summed E-state index contributed by atoms with van der Waals surface area (Å²) in [4.78, 5) is 34.5. The zero-order valence-electron chi connectivity index (χ0n) is 11.1. The van der Waals surface area contributed by atoms with Crippen LogP contribution in [0.3, 0.4) is 0 Å². The average molecular weight is 323 g/mol. The standard InChI is InChI=1S/C13H10ClF3O4/c1-3-21-7(19)4-6(18)13(20)8-5(2)10(15)12(17)9(14)11(8)16/h3-4H2,1-2H3. The van der Waals surface area contributed by atoms with Gasteiger partial charge in [-0.15, -0.1) is 0 Å². The van der Waals surface area contributed by atoms with Crippen LogP contribution in [0.25, 0.3) is 0 Å². The second kappa shape index (κ2) is 6.71. The molecule has 0 N–H and O–H groups in total. The molecule has 0 atom stereocenters. The Labute approximate surface area is 122 Å². The van der Waals surface area contributed by atoms with E-state index >= 15 is 0 Å². The molecule has 0 unspecified atom stereocenters. The van der Waals surface area contributed by atoms with Gasteiger partial charge in [0.25, 0.3) is 0 Å². The SMILES string of the molecule is CCOC(=O)CC(=O)C(=O)c1c(C)c(F)c(F)c(Cl)c1F. The Kier molecular flexibility index (Phi) is 5.48. The molecule has 114 valence electrons. The molecule has 21 heavy (non-hydrogen) atoms. The van der Waals surface area contributed by atoms with Crippen LogP contribution < -0.4 is 0 Å². The van der Waals surface area contributed by atoms with Gasteiger partial charge in [-0.3, -0.25) is 14.4 Å². The van der Waals surface area contributed by atoms with Crippen LogP contribution in [-0.4, -0.2) is 24.1 Å². The van der Waals surface area contributed by atoms with Crippen molar-refractivity contribution in [2.24, 2.45) is 0 Å². The predicted molar refractivity (Wildman–Crippen MR) is 66.7 cm³/mol. The minimum atomic E-state index is -1.65. The number of hydrogen-bond acceptors (Lipinski definition) is 4. The van der Waals surface area contributed by atoms with E-state index in [1.165, 1.54) is 6.92 Å². The van der Waals surface area contributed by atoms with E-state index in [1.807, 2.05) is 0 Å². The van der Waals surface area contributed by atoms with E-state index < -0.39 is 57.6 Å². The highest BCUT2D eigenvalue weighted by Gasteiger charge is 2.30. The second-order valence-corrected chi connectivity index (χ2v) is 4.37. The molecule has 1 rings (SSSR count). The van der Waals surface area contributed by atoms with Crippen LogP contribution in [0.15, 0.2) is 0 Å². The van der Waals surface area contributed by atoms with Crippen molar-refractivity contribution < 1.29 is 32.3 Å². The third kappa shape index (κ3) is 3.41. The number of ketones is 2. The Balaban J connectivity index is 3.20. The number of rotatable bonds is 5.